The van der Waals surface area contributed by atoms with Gasteiger partial charge in [-0.15, -0.1) is 0 Å². The van der Waals surface area contributed by atoms with Crippen molar-refractivity contribution in [3.05, 3.63) is 11.6 Å². The van der Waals surface area contributed by atoms with E-state index in [1.54, 1.807) is 7.11 Å². The third-order valence-electron chi connectivity index (χ3n) is 1.91. The maximum Gasteiger partial charge on any atom is 0.0687 e. The minimum absolute atomic E-state index is 0.258. The molecule has 2 N–H and O–H groups in total. The van der Waals surface area contributed by atoms with Gasteiger partial charge in [-0.2, -0.15) is 0 Å². The molecule has 0 aromatic heterocycles. The molecule has 1 unspecified atom stereocenters. The summed E-state index contributed by atoms with van der Waals surface area (Å²) >= 11 is 0. The number of hydrogen-bond donors (Lipinski definition) is 1. The first kappa shape index (κ1) is 7.76. The summed E-state index contributed by atoms with van der Waals surface area (Å²) in [5.41, 5.74) is 7.09. The van der Waals surface area contributed by atoms with Crippen LogP contribution in [0.25, 0.3) is 0 Å². The minimum atomic E-state index is 0.258. The number of allylic oxidation sites excluding steroid dienone is 1. The second-order valence-corrected chi connectivity index (χ2v) is 2.75. The summed E-state index contributed by atoms with van der Waals surface area (Å²) in [6.07, 6.45) is 5.73. The van der Waals surface area contributed by atoms with E-state index in [0.29, 0.717) is 6.61 Å². The topological polar surface area (TPSA) is 35.2 Å². The fourth-order valence-corrected chi connectivity index (χ4v) is 1.29. The Morgan fingerprint density at radius 1 is 1.80 bits per heavy atom. The van der Waals surface area contributed by atoms with Gasteiger partial charge in [0, 0.05) is 13.2 Å². The molecule has 0 bridgehead atoms. The van der Waals surface area contributed by atoms with E-state index in [-0.39, 0.29) is 6.04 Å². The SMILES string of the molecule is COCC1=CCCCC1N. The number of nitrogens with two attached hydrogens (primary N) is 1. The molecular formula is C8H15NO. The minimum Gasteiger partial charge on any atom is -0.380 e. The van der Waals surface area contributed by atoms with Crippen molar-refractivity contribution in [2.75, 3.05) is 13.7 Å². The summed E-state index contributed by atoms with van der Waals surface area (Å²) in [7, 11) is 1.71. The normalized spacial score (nSPS) is 26.2. The van der Waals surface area contributed by atoms with Crippen LogP contribution in [0.5, 0.6) is 0 Å². The van der Waals surface area contributed by atoms with Gasteiger partial charge in [-0.05, 0) is 24.8 Å². The molecule has 0 saturated carbocycles. The molecular weight excluding hydrogens is 126 g/mol. The maximum absolute atomic E-state index is 5.82. The molecule has 1 aliphatic rings. The Labute approximate surface area is 62.1 Å². The molecule has 0 aromatic rings. The van der Waals surface area contributed by atoms with Gasteiger partial charge in [-0.1, -0.05) is 6.08 Å². The quantitative estimate of drug-likeness (QED) is 0.584. The summed E-state index contributed by atoms with van der Waals surface area (Å²) in [6.45, 7) is 0.709. The summed E-state index contributed by atoms with van der Waals surface area (Å²) in [4.78, 5) is 0. The van der Waals surface area contributed by atoms with Crippen LogP contribution in [0.1, 0.15) is 19.3 Å². The van der Waals surface area contributed by atoms with Crippen LogP contribution in [-0.4, -0.2) is 19.8 Å². The third kappa shape index (κ3) is 1.82. The molecule has 1 rings (SSSR count). The zero-order valence-corrected chi connectivity index (χ0v) is 6.47. The van der Waals surface area contributed by atoms with Crippen molar-refractivity contribution in [2.45, 2.75) is 25.3 Å². The highest BCUT2D eigenvalue weighted by atomic mass is 16.5. The second-order valence-electron chi connectivity index (χ2n) is 2.75. The zero-order chi connectivity index (χ0) is 7.40. The van der Waals surface area contributed by atoms with Gasteiger partial charge in [-0.3, -0.25) is 0 Å². The Hall–Kier alpha value is -0.340. The van der Waals surface area contributed by atoms with Crippen LogP contribution < -0.4 is 5.73 Å². The lowest BCUT2D eigenvalue weighted by atomic mass is 9.95. The van der Waals surface area contributed by atoms with E-state index in [1.165, 1.54) is 18.4 Å². The Bertz CT molecular complexity index is 131. The second kappa shape index (κ2) is 3.74. The van der Waals surface area contributed by atoms with E-state index >= 15 is 0 Å². The van der Waals surface area contributed by atoms with Gasteiger partial charge >= 0.3 is 0 Å². The van der Waals surface area contributed by atoms with Crippen molar-refractivity contribution < 1.29 is 4.74 Å². The van der Waals surface area contributed by atoms with Gasteiger partial charge in [0.05, 0.1) is 6.61 Å². The molecule has 1 aliphatic carbocycles. The Morgan fingerprint density at radius 3 is 3.20 bits per heavy atom. The monoisotopic (exact) mass is 141 g/mol. The smallest absolute Gasteiger partial charge is 0.0687 e. The van der Waals surface area contributed by atoms with Crippen LogP contribution in [0.15, 0.2) is 11.6 Å². The molecule has 0 saturated heterocycles. The Balaban J connectivity index is 2.44. The summed E-state index contributed by atoms with van der Waals surface area (Å²) in [6, 6.07) is 0.258. The maximum atomic E-state index is 5.82. The molecule has 0 amide bonds. The van der Waals surface area contributed by atoms with E-state index in [9.17, 15) is 0 Å². The van der Waals surface area contributed by atoms with Crippen LogP contribution in [-0.2, 0) is 4.74 Å². The third-order valence-corrected chi connectivity index (χ3v) is 1.91. The van der Waals surface area contributed by atoms with Crippen LogP contribution in [0.2, 0.25) is 0 Å². The first-order valence-corrected chi connectivity index (χ1v) is 3.78. The van der Waals surface area contributed by atoms with E-state index < -0.39 is 0 Å². The van der Waals surface area contributed by atoms with E-state index in [4.69, 9.17) is 10.5 Å². The van der Waals surface area contributed by atoms with Crippen molar-refractivity contribution in [3.8, 4) is 0 Å². The largest absolute Gasteiger partial charge is 0.380 e. The van der Waals surface area contributed by atoms with Crippen LogP contribution >= 0.6 is 0 Å². The van der Waals surface area contributed by atoms with Crippen molar-refractivity contribution in [1.29, 1.82) is 0 Å². The molecule has 10 heavy (non-hydrogen) atoms. The molecule has 58 valence electrons. The first-order valence-electron chi connectivity index (χ1n) is 3.78. The Kier molecular flexibility index (Phi) is 2.90. The van der Waals surface area contributed by atoms with E-state index in [2.05, 4.69) is 6.08 Å². The fraction of sp³-hybridized carbons (Fsp3) is 0.750. The molecule has 0 heterocycles. The highest BCUT2D eigenvalue weighted by Gasteiger charge is 2.11. The average Bonchev–Trinajstić information content (AvgIpc) is 1.94. The number of hydrogen-bond acceptors (Lipinski definition) is 2. The van der Waals surface area contributed by atoms with Gasteiger partial charge < -0.3 is 10.5 Å². The molecule has 0 fully saturated rings. The molecule has 0 spiro atoms. The summed E-state index contributed by atoms with van der Waals surface area (Å²) < 4.78 is 5.00. The van der Waals surface area contributed by atoms with Gasteiger partial charge in [0.25, 0.3) is 0 Å². The van der Waals surface area contributed by atoms with E-state index in [0.717, 1.165) is 6.42 Å². The lowest BCUT2D eigenvalue weighted by Gasteiger charge is -2.19. The zero-order valence-electron chi connectivity index (χ0n) is 6.47. The first-order chi connectivity index (χ1) is 4.84. The van der Waals surface area contributed by atoms with Gasteiger partial charge in [0.1, 0.15) is 0 Å². The number of rotatable bonds is 2. The highest BCUT2D eigenvalue weighted by molar-refractivity contribution is 5.13. The fourth-order valence-electron chi connectivity index (χ4n) is 1.29. The molecule has 1 atom stereocenters. The number of ether oxygens (including phenoxy) is 1. The van der Waals surface area contributed by atoms with Crippen LogP contribution in [0, 0.1) is 0 Å². The summed E-state index contributed by atoms with van der Waals surface area (Å²) in [5.74, 6) is 0. The van der Waals surface area contributed by atoms with E-state index in [1.807, 2.05) is 0 Å². The average molecular weight is 141 g/mol. The summed E-state index contributed by atoms with van der Waals surface area (Å²) in [5, 5.41) is 0. The van der Waals surface area contributed by atoms with Crippen LogP contribution in [0.4, 0.5) is 0 Å². The molecule has 2 heteroatoms. The van der Waals surface area contributed by atoms with Crippen molar-refractivity contribution >= 4 is 0 Å². The molecule has 0 aromatic carbocycles. The Morgan fingerprint density at radius 2 is 2.60 bits per heavy atom. The lowest BCUT2D eigenvalue weighted by molar-refractivity contribution is 0.218. The van der Waals surface area contributed by atoms with Crippen molar-refractivity contribution in [2.24, 2.45) is 5.73 Å². The van der Waals surface area contributed by atoms with Gasteiger partial charge in [0.15, 0.2) is 0 Å². The predicted molar refractivity (Wildman–Crippen MR) is 41.8 cm³/mol. The van der Waals surface area contributed by atoms with Gasteiger partial charge in [-0.25, -0.2) is 0 Å². The lowest BCUT2D eigenvalue weighted by Crippen LogP contribution is -2.27. The van der Waals surface area contributed by atoms with Gasteiger partial charge in [0.2, 0.25) is 0 Å². The number of methoxy groups -OCH3 is 1. The van der Waals surface area contributed by atoms with Crippen molar-refractivity contribution in [1.82, 2.24) is 0 Å². The standard InChI is InChI=1S/C8H15NO/c1-10-6-7-4-2-3-5-8(7)9/h4,8H,2-3,5-6,9H2,1H3. The van der Waals surface area contributed by atoms with Crippen LogP contribution in [0.3, 0.4) is 0 Å². The highest BCUT2D eigenvalue weighted by Crippen LogP contribution is 2.16. The predicted octanol–water partition coefficient (Wildman–Crippen LogP) is 1.07. The molecule has 0 radical (unpaired) electrons. The molecule has 2 nitrogen and oxygen atoms in total. The molecule has 0 aliphatic heterocycles. The van der Waals surface area contributed by atoms with Crippen molar-refractivity contribution in [3.63, 3.8) is 0 Å².